The van der Waals surface area contributed by atoms with E-state index in [1.807, 2.05) is 24.3 Å². The number of carbonyl (C=O) groups excluding carboxylic acids is 1. The van der Waals surface area contributed by atoms with Gasteiger partial charge in [0.25, 0.3) is 12.3 Å². The largest absolute Gasteiger partial charge is 0.321 e. The van der Waals surface area contributed by atoms with Gasteiger partial charge in [-0.1, -0.05) is 35.5 Å². The Labute approximate surface area is 180 Å². The Morgan fingerprint density at radius 1 is 1.17 bits per heavy atom. The zero-order chi connectivity index (χ0) is 21.3. The van der Waals surface area contributed by atoms with Gasteiger partial charge in [-0.3, -0.25) is 4.79 Å². The number of carbonyl (C=O) groups is 1. The number of benzene rings is 2. The highest BCUT2D eigenvalue weighted by molar-refractivity contribution is 7.99. The fourth-order valence-electron chi connectivity index (χ4n) is 2.91. The van der Waals surface area contributed by atoms with Crippen LogP contribution in [0.1, 0.15) is 28.2 Å². The number of aromatic nitrogens is 3. The maximum Gasteiger partial charge on any atom is 0.280 e. The molecule has 0 fully saturated rings. The minimum atomic E-state index is -2.73. The molecule has 0 bridgehead atoms. The maximum absolute atomic E-state index is 13.3. The third kappa shape index (κ3) is 4.15. The van der Waals surface area contributed by atoms with E-state index in [4.69, 9.17) is 11.6 Å². The van der Waals surface area contributed by atoms with Crippen molar-refractivity contribution >= 4 is 40.6 Å². The topological polar surface area (TPSA) is 59.3 Å². The monoisotopic (exact) mass is 444 g/mol. The number of amides is 1. The number of alkyl halides is 2. The van der Waals surface area contributed by atoms with E-state index < -0.39 is 12.3 Å². The summed E-state index contributed by atoms with van der Waals surface area (Å²) in [5.41, 5.74) is 0.863. The minimum absolute atomic E-state index is 0.0886. The number of hydrogen-bond donors (Lipinski definition) is 1. The highest BCUT2D eigenvalue weighted by Crippen LogP contribution is 2.34. The molecule has 0 spiro atoms. The summed E-state index contributed by atoms with van der Waals surface area (Å²) >= 11 is 7.40. The molecule has 9 heteroatoms. The number of aryl methyl sites for hydroxylation is 1. The number of fused-ring (bicyclic) bond motifs is 1. The molecule has 1 amide bonds. The SMILES string of the molecule is Cc1cc(C(F)F)n2ncc(C(=O)Nc3ccccc3Sc3ccc(Cl)cc3)c2n1. The molecule has 0 atom stereocenters. The average molecular weight is 445 g/mol. The van der Waals surface area contributed by atoms with Gasteiger partial charge in [0.15, 0.2) is 5.65 Å². The Morgan fingerprint density at radius 3 is 2.63 bits per heavy atom. The van der Waals surface area contributed by atoms with Crippen molar-refractivity contribution in [1.82, 2.24) is 14.6 Å². The first-order valence-corrected chi connectivity index (χ1v) is 10.1. The van der Waals surface area contributed by atoms with Gasteiger partial charge in [0, 0.05) is 20.5 Å². The smallest absolute Gasteiger partial charge is 0.280 e. The van der Waals surface area contributed by atoms with E-state index in [0.717, 1.165) is 14.3 Å². The molecule has 2 aromatic carbocycles. The lowest BCUT2D eigenvalue weighted by atomic mass is 10.2. The molecule has 0 unspecified atom stereocenters. The first-order valence-electron chi connectivity index (χ1n) is 8.89. The average Bonchev–Trinajstić information content (AvgIpc) is 3.14. The zero-order valence-corrected chi connectivity index (χ0v) is 17.2. The second-order valence-corrected chi connectivity index (χ2v) is 7.97. The van der Waals surface area contributed by atoms with Crippen molar-refractivity contribution in [1.29, 1.82) is 0 Å². The van der Waals surface area contributed by atoms with E-state index in [0.29, 0.717) is 16.4 Å². The lowest BCUT2D eigenvalue weighted by molar-refractivity contribution is 0.102. The summed E-state index contributed by atoms with van der Waals surface area (Å²) < 4.78 is 27.6. The summed E-state index contributed by atoms with van der Waals surface area (Å²) in [4.78, 5) is 18.9. The van der Waals surface area contributed by atoms with Crippen LogP contribution in [0.5, 0.6) is 0 Å². The van der Waals surface area contributed by atoms with Gasteiger partial charge in [0.1, 0.15) is 11.3 Å². The molecule has 2 aromatic heterocycles. The third-order valence-electron chi connectivity index (χ3n) is 4.27. The Kier molecular flexibility index (Phi) is 5.69. The van der Waals surface area contributed by atoms with Gasteiger partial charge in [0.2, 0.25) is 0 Å². The second-order valence-electron chi connectivity index (χ2n) is 6.42. The van der Waals surface area contributed by atoms with Crippen molar-refractivity contribution < 1.29 is 13.6 Å². The molecule has 30 heavy (non-hydrogen) atoms. The minimum Gasteiger partial charge on any atom is -0.321 e. The normalized spacial score (nSPS) is 11.2. The maximum atomic E-state index is 13.3. The Hall–Kier alpha value is -2.97. The van der Waals surface area contributed by atoms with Crippen molar-refractivity contribution in [3.8, 4) is 0 Å². The predicted molar refractivity (Wildman–Crippen MR) is 113 cm³/mol. The van der Waals surface area contributed by atoms with Gasteiger partial charge in [-0.2, -0.15) is 5.10 Å². The highest BCUT2D eigenvalue weighted by atomic mass is 35.5. The van der Waals surface area contributed by atoms with Gasteiger partial charge in [-0.15, -0.1) is 0 Å². The van der Waals surface area contributed by atoms with Crippen LogP contribution in [-0.4, -0.2) is 20.5 Å². The van der Waals surface area contributed by atoms with Crippen molar-refractivity contribution in [3.63, 3.8) is 0 Å². The molecule has 0 aliphatic rings. The summed E-state index contributed by atoms with van der Waals surface area (Å²) in [5.74, 6) is -0.479. The summed E-state index contributed by atoms with van der Waals surface area (Å²) in [6.07, 6.45) is -1.49. The fourth-order valence-corrected chi connectivity index (χ4v) is 3.93. The van der Waals surface area contributed by atoms with Gasteiger partial charge >= 0.3 is 0 Å². The quantitative estimate of drug-likeness (QED) is 0.408. The predicted octanol–water partition coefficient (Wildman–Crippen LogP) is 6.03. The lowest BCUT2D eigenvalue weighted by Crippen LogP contribution is -2.13. The van der Waals surface area contributed by atoms with Crippen LogP contribution >= 0.6 is 23.4 Å². The molecule has 0 aliphatic carbocycles. The number of halogens is 3. The third-order valence-corrected chi connectivity index (χ3v) is 5.61. The van der Waals surface area contributed by atoms with E-state index in [1.54, 1.807) is 31.2 Å². The molecule has 152 valence electrons. The van der Waals surface area contributed by atoms with Crippen LogP contribution in [0.2, 0.25) is 5.02 Å². The summed E-state index contributed by atoms with van der Waals surface area (Å²) in [6, 6.07) is 15.9. The number of para-hydroxylation sites is 1. The number of nitrogens with zero attached hydrogens (tertiary/aromatic N) is 3. The van der Waals surface area contributed by atoms with E-state index in [2.05, 4.69) is 15.4 Å². The molecule has 0 saturated heterocycles. The van der Waals surface area contributed by atoms with Crippen LogP contribution in [0.3, 0.4) is 0 Å². The molecule has 1 N–H and O–H groups in total. The summed E-state index contributed by atoms with van der Waals surface area (Å²) in [7, 11) is 0. The van der Waals surface area contributed by atoms with E-state index in [9.17, 15) is 13.6 Å². The van der Waals surface area contributed by atoms with Crippen LogP contribution in [0.4, 0.5) is 14.5 Å². The molecular weight excluding hydrogens is 430 g/mol. The van der Waals surface area contributed by atoms with Crippen LogP contribution in [0.25, 0.3) is 5.65 Å². The molecule has 0 aliphatic heterocycles. The summed E-state index contributed by atoms with van der Waals surface area (Å²) in [5, 5.41) is 7.41. The molecule has 4 aromatic rings. The molecule has 4 rings (SSSR count). The molecule has 0 radical (unpaired) electrons. The first kappa shape index (κ1) is 20.3. The number of rotatable bonds is 5. The first-order chi connectivity index (χ1) is 14.4. The second kappa shape index (κ2) is 8.41. The molecule has 2 heterocycles. The Morgan fingerprint density at radius 2 is 1.90 bits per heavy atom. The summed E-state index contributed by atoms with van der Waals surface area (Å²) in [6.45, 7) is 1.60. The Balaban J connectivity index is 1.64. The number of hydrogen-bond acceptors (Lipinski definition) is 4. The van der Waals surface area contributed by atoms with Crippen LogP contribution in [0, 0.1) is 6.92 Å². The Bertz CT molecular complexity index is 1230. The van der Waals surface area contributed by atoms with Crippen LogP contribution in [0.15, 0.2) is 70.6 Å². The zero-order valence-electron chi connectivity index (χ0n) is 15.6. The number of anilines is 1. The van der Waals surface area contributed by atoms with Crippen LogP contribution < -0.4 is 5.32 Å². The fraction of sp³-hybridized carbons (Fsp3) is 0.0952. The molecular formula is C21H15ClF2N4OS. The highest BCUT2D eigenvalue weighted by Gasteiger charge is 2.21. The van der Waals surface area contributed by atoms with E-state index in [1.165, 1.54) is 24.0 Å². The van der Waals surface area contributed by atoms with Crippen molar-refractivity contribution in [2.24, 2.45) is 0 Å². The molecule has 0 saturated carbocycles. The van der Waals surface area contributed by atoms with Gasteiger partial charge in [0.05, 0.1) is 11.9 Å². The van der Waals surface area contributed by atoms with Gasteiger partial charge in [-0.05, 0) is 49.4 Å². The standard InChI is InChI=1S/C21H15ClF2N4OS/c1-12-10-17(19(23)24)28-20(26-12)15(11-25-28)21(29)27-16-4-2-3-5-18(16)30-14-8-6-13(22)7-9-14/h2-11,19H,1H3,(H,27,29). The van der Waals surface area contributed by atoms with Crippen molar-refractivity contribution in [3.05, 3.63) is 82.8 Å². The number of nitrogens with one attached hydrogen (secondary N) is 1. The lowest BCUT2D eigenvalue weighted by Gasteiger charge is -2.11. The van der Waals surface area contributed by atoms with E-state index in [-0.39, 0.29) is 16.9 Å². The van der Waals surface area contributed by atoms with Gasteiger partial charge in [-0.25, -0.2) is 18.3 Å². The van der Waals surface area contributed by atoms with Crippen molar-refractivity contribution in [2.45, 2.75) is 23.1 Å². The van der Waals surface area contributed by atoms with Gasteiger partial charge < -0.3 is 5.32 Å². The van der Waals surface area contributed by atoms with Crippen LogP contribution in [-0.2, 0) is 0 Å². The van der Waals surface area contributed by atoms with E-state index >= 15 is 0 Å². The van der Waals surface area contributed by atoms with Crippen molar-refractivity contribution in [2.75, 3.05) is 5.32 Å². The molecule has 5 nitrogen and oxygen atoms in total.